The van der Waals surface area contributed by atoms with Gasteiger partial charge in [-0.25, -0.2) is 9.78 Å². The number of anilines is 2. The quantitative estimate of drug-likeness (QED) is 0.156. The number of aromatic nitrogens is 1. The van der Waals surface area contributed by atoms with E-state index in [0.717, 1.165) is 26.6 Å². The van der Waals surface area contributed by atoms with Gasteiger partial charge in [0.05, 0.1) is 16.8 Å². The molecule has 1 heterocycles. The van der Waals surface area contributed by atoms with Gasteiger partial charge in [0.1, 0.15) is 5.25 Å². The largest absolute Gasteiger partial charge is 0.478 e. The number of carbonyl (C=O) groups is 3. The monoisotopic (exact) mass is 579 g/mol. The van der Waals surface area contributed by atoms with E-state index in [2.05, 4.69) is 15.6 Å². The lowest BCUT2D eigenvalue weighted by Gasteiger charge is -2.17. The van der Waals surface area contributed by atoms with E-state index in [1.54, 1.807) is 30.3 Å². The molecule has 0 spiro atoms. The summed E-state index contributed by atoms with van der Waals surface area (Å²) in [6.07, 6.45) is 0. The number of nitrogens with zero attached hydrogens (tertiary/aromatic N) is 1. The number of rotatable bonds is 9. The summed E-state index contributed by atoms with van der Waals surface area (Å²) in [6, 6.07) is 32.4. The Bertz CT molecular complexity index is 1700. The van der Waals surface area contributed by atoms with E-state index in [9.17, 15) is 19.5 Å². The summed E-state index contributed by atoms with van der Waals surface area (Å²) < 4.78 is 0. The number of aryl methyl sites for hydroxylation is 1. The minimum absolute atomic E-state index is 0.0632. The average Bonchev–Trinajstić information content (AvgIpc) is 3.36. The molecular formula is C32H25N3O4S2. The molecule has 0 aliphatic carbocycles. The number of thiazole rings is 1. The summed E-state index contributed by atoms with van der Waals surface area (Å²) in [4.78, 5) is 44.5. The van der Waals surface area contributed by atoms with Crippen molar-refractivity contribution in [1.29, 1.82) is 0 Å². The average molecular weight is 580 g/mol. The molecule has 0 bridgehead atoms. The van der Waals surface area contributed by atoms with Crippen LogP contribution >= 0.6 is 23.1 Å². The minimum Gasteiger partial charge on any atom is -0.478 e. The van der Waals surface area contributed by atoms with Gasteiger partial charge >= 0.3 is 5.97 Å². The summed E-state index contributed by atoms with van der Waals surface area (Å²) in [6.45, 7) is 1.98. The van der Waals surface area contributed by atoms with Crippen LogP contribution in [0, 0.1) is 6.92 Å². The van der Waals surface area contributed by atoms with Gasteiger partial charge < -0.3 is 15.7 Å². The highest BCUT2D eigenvalue weighted by molar-refractivity contribution is 8.00. The van der Waals surface area contributed by atoms with E-state index in [1.807, 2.05) is 73.7 Å². The Balaban J connectivity index is 1.36. The number of hydrogen-bond acceptors (Lipinski definition) is 6. The van der Waals surface area contributed by atoms with Crippen LogP contribution in [0.4, 0.5) is 10.8 Å². The lowest BCUT2D eigenvalue weighted by molar-refractivity contribution is -0.115. The smallest absolute Gasteiger partial charge is 0.336 e. The Kier molecular flexibility index (Phi) is 8.57. The van der Waals surface area contributed by atoms with E-state index >= 15 is 0 Å². The molecule has 4 aromatic carbocycles. The van der Waals surface area contributed by atoms with Crippen LogP contribution in [0.25, 0.3) is 11.3 Å². The first-order valence-electron chi connectivity index (χ1n) is 12.7. The molecule has 2 amide bonds. The first-order valence-corrected chi connectivity index (χ1v) is 14.4. The van der Waals surface area contributed by atoms with E-state index in [-0.39, 0.29) is 17.0 Å². The number of aromatic carboxylic acids is 1. The highest BCUT2D eigenvalue weighted by Crippen LogP contribution is 2.38. The Morgan fingerprint density at radius 3 is 2.17 bits per heavy atom. The van der Waals surface area contributed by atoms with Crippen LogP contribution < -0.4 is 10.6 Å². The van der Waals surface area contributed by atoms with Crippen molar-refractivity contribution in [3.63, 3.8) is 0 Å². The van der Waals surface area contributed by atoms with Crippen molar-refractivity contribution in [2.75, 3.05) is 10.6 Å². The molecule has 9 heteroatoms. The van der Waals surface area contributed by atoms with Gasteiger partial charge in [0.15, 0.2) is 5.13 Å². The van der Waals surface area contributed by atoms with Crippen molar-refractivity contribution in [2.45, 2.75) is 17.1 Å². The topological polar surface area (TPSA) is 108 Å². The van der Waals surface area contributed by atoms with Crippen molar-refractivity contribution >= 4 is 51.7 Å². The molecule has 7 nitrogen and oxygen atoms in total. The van der Waals surface area contributed by atoms with E-state index in [1.165, 1.54) is 35.2 Å². The Hall–Kier alpha value is -4.73. The Labute approximate surface area is 245 Å². The van der Waals surface area contributed by atoms with Gasteiger partial charge in [0.25, 0.3) is 5.91 Å². The maximum Gasteiger partial charge on any atom is 0.336 e. The van der Waals surface area contributed by atoms with Crippen LogP contribution in [0.2, 0.25) is 0 Å². The van der Waals surface area contributed by atoms with Crippen LogP contribution in [0.5, 0.6) is 0 Å². The summed E-state index contributed by atoms with van der Waals surface area (Å²) in [5.74, 6) is -1.93. The predicted molar refractivity (Wildman–Crippen MR) is 164 cm³/mol. The van der Waals surface area contributed by atoms with Crippen molar-refractivity contribution in [1.82, 2.24) is 4.98 Å². The number of amides is 2. The van der Waals surface area contributed by atoms with E-state index < -0.39 is 17.1 Å². The molecule has 0 saturated carbocycles. The molecule has 5 aromatic rings. The molecule has 0 radical (unpaired) electrons. The first kappa shape index (κ1) is 27.8. The zero-order chi connectivity index (χ0) is 28.8. The van der Waals surface area contributed by atoms with Crippen molar-refractivity contribution in [3.8, 4) is 11.3 Å². The number of carboxylic acids is 1. The number of carbonyl (C=O) groups excluding carboxylic acids is 2. The van der Waals surface area contributed by atoms with Gasteiger partial charge in [0.2, 0.25) is 5.91 Å². The lowest BCUT2D eigenvalue weighted by atomic mass is 10.1. The predicted octanol–water partition coefficient (Wildman–Crippen LogP) is 7.54. The molecular weight excluding hydrogens is 555 g/mol. The van der Waals surface area contributed by atoms with Crippen molar-refractivity contribution < 1.29 is 19.5 Å². The first-order chi connectivity index (χ1) is 19.9. The second-order valence-corrected chi connectivity index (χ2v) is 11.4. The van der Waals surface area contributed by atoms with Crippen molar-refractivity contribution in [2.24, 2.45) is 0 Å². The SMILES string of the molecule is Cc1sc(NC(=O)C(Sc2cccc(NC(=O)c3ccccc3C(=O)O)c2)c2ccccc2)nc1-c1ccccc1. The third kappa shape index (κ3) is 6.71. The molecule has 3 N–H and O–H groups in total. The van der Waals surface area contributed by atoms with Gasteiger partial charge in [-0.05, 0) is 42.8 Å². The number of nitrogens with one attached hydrogen (secondary N) is 2. The lowest BCUT2D eigenvalue weighted by Crippen LogP contribution is -2.19. The van der Waals surface area contributed by atoms with Gasteiger partial charge in [-0.1, -0.05) is 78.9 Å². The standard InChI is InChI=1S/C32H25N3O4S2/c1-20-27(21-11-4-2-5-12-21)34-32(40-20)35-30(37)28(22-13-6-3-7-14-22)41-24-16-10-15-23(19-24)33-29(36)25-17-8-9-18-26(25)31(38)39/h2-19,28H,1H3,(H,33,36)(H,38,39)(H,34,35,37). The normalized spacial score (nSPS) is 11.4. The van der Waals surface area contributed by atoms with Crippen molar-refractivity contribution in [3.05, 3.63) is 131 Å². The summed E-state index contributed by atoms with van der Waals surface area (Å²) in [7, 11) is 0. The van der Waals surface area contributed by atoms with Crippen LogP contribution in [0.3, 0.4) is 0 Å². The van der Waals surface area contributed by atoms with E-state index in [0.29, 0.717) is 10.8 Å². The second-order valence-electron chi connectivity index (χ2n) is 9.02. The van der Waals surface area contributed by atoms with E-state index in [4.69, 9.17) is 0 Å². The van der Waals surface area contributed by atoms with Crippen LogP contribution in [-0.2, 0) is 4.79 Å². The number of carboxylic acid groups (broad SMARTS) is 1. The van der Waals surface area contributed by atoms with Crippen LogP contribution in [0.1, 0.15) is 36.4 Å². The molecule has 1 unspecified atom stereocenters. The summed E-state index contributed by atoms with van der Waals surface area (Å²) in [5.41, 5.74) is 3.10. The zero-order valence-corrected chi connectivity index (χ0v) is 23.5. The third-order valence-electron chi connectivity index (χ3n) is 6.16. The Morgan fingerprint density at radius 1 is 0.805 bits per heavy atom. The van der Waals surface area contributed by atoms with Gasteiger partial charge in [0, 0.05) is 21.0 Å². The fourth-order valence-corrected chi connectivity index (χ4v) is 6.16. The zero-order valence-electron chi connectivity index (χ0n) is 21.9. The highest BCUT2D eigenvalue weighted by Gasteiger charge is 2.24. The van der Waals surface area contributed by atoms with Gasteiger partial charge in [-0.2, -0.15) is 0 Å². The van der Waals surface area contributed by atoms with Gasteiger partial charge in [-0.3, -0.25) is 9.59 Å². The summed E-state index contributed by atoms with van der Waals surface area (Å²) >= 11 is 2.77. The molecule has 0 saturated heterocycles. The highest BCUT2D eigenvalue weighted by atomic mass is 32.2. The number of thioether (sulfide) groups is 1. The fraction of sp³-hybridized carbons (Fsp3) is 0.0625. The minimum atomic E-state index is -1.18. The molecule has 0 aliphatic heterocycles. The number of benzene rings is 4. The molecule has 0 fully saturated rings. The number of hydrogen-bond donors (Lipinski definition) is 3. The maximum atomic E-state index is 13.6. The second kappa shape index (κ2) is 12.6. The summed E-state index contributed by atoms with van der Waals surface area (Å²) in [5, 5.41) is 15.1. The van der Waals surface area contributed by atoms with Crippen LogP contribution in [0.15, 0.2) is 114 Å². The molecule has 5 rings (SSSR count). The molecule has 1 atom stereocenters. The van der Waals surface area contributed by atoms with Crippen LogP contribution in [-0.4, -0.2) is 27.9 Å². The molecule has 0 aliphatic rings. The molecule has 1 aromatic heterocycles. The maximum absolute atomic E-state index is 13.6. The molecule has 204 valence electrons. The Morgan fingerprint density at radius 2 is 1.46 bits per heavy atom. The third-order valence-corrected chi connectivity index (χ3v) is 8.30. The fourth-order valence-electron chi connectivity index (χ4n) is 4.23. The van der Waals surface area contributed by atoms with Gasteiger partial charge in [-0.15, -0.1) is 23.1 Å². The molecule has 41 heavy (non-hydrogen) atoms.